The monoisotopic (exact) mass is 170 g/mol. The van der Waals surface area contributed by atoms with E-state index in [1.807, 2.05) is 0 Å². The van der Waals surface area contributed by atoms with E-state index in [1.165, 1.54) is 0 Å². The summed E-state index contributed by atoms with van der Waals surface area (Å²) in [7, 11) is 0. The van der Waals surface area contributed by atoms with Crippen LogP contribution in [-0.4, -0.2) is 35.1 Å². The van der Waals surface area contributed by atoms with Crippen molar-refractivity contribution in [3.63, 3.8) is 0 Å². The van der Waals surface area contributed by atoms with Crippen LogP contribution in [0.4, 0.5) is 0 Å². The van der Waals surface area contributed by atoms with Crippen LogP contribution in [0.25, 0.3) is 0 Å². The van der Waals surface area contributed by atoms with Crippen LogP contribution in [0.1, 0.15) is 19.3 Å². The van der Waals surface area contributed by atoms with E-state index in [9.17, 15) is 5.11 Å². The molecule has 1 rings (SSSR count). The van der Waals surface area contributed by atoms with Gasteiger partial charge in [-0.3, -0.25) is 0 Å². The lowest BCUT2D eigenvalue weighted by molar-refractivity contribution is -0.0986. The second kappa shape index (κ2) is 4.46. The Morgan fingerprint density at radius 3 is 2.92 bits per heavy atom. The summed E-state index contributed by atoms with van der Waals surface area (Å²) in [6.45, 7) is -0.262. The molecule has 1 fully saturated rings. The number of hydrogen-bond acceptors (Lipinski definition) is 3. The first-order chi connectivity index (χ1) is 5.77. The average molecular weight is 170 g/mol. The largest absolute Gasteiger partial charge is 0.394 e. The topological polar surface area (TPSA) is 49.7 Å². The molecular formula is C9H14O3. The molecule has 1 aliphatic heterocycles. The van der Waals surface area contributed by atoms with Gasteiger partial charge in [-0.25, -0.2) is 0 Å². The van der Waals surface area contributed by atoms with Crippen molar-refractivity contribution in [1.82, 2.24) is 0 Å². The van der Waals surface area contributed by atoms with Gasteiger partial charge in [0.1, 0.15) is 12.2 Å². The maximum Gasteiger partial charge on any atom is 0.118 e. The summed E-state index contributed by atoms with van der Waals surface area (Å²) in [6, 6.07) is 0. The predicted octanol–water partition coefficient (Wildman–Crippen LogP) is -0.0895. The number of aliphatic hydroxyl groups is 2. The summed E-state index contributed by atoms with van der Waals surface area (Å²) in [6.07, 6.45) is 6.51. The molecule has 0 spiro atoms. The summed E-state index contributed by atoms with van der Waals surface area (Å²) in [5.41, 5.74) is 0. The van der Waals surface area contributed by atoms with Gasteiger partial charge in [-0.05, 0) is 19.3 Å². The van der Waals surface area contributed by atoms with Crippen molar-refractivity contribution in [2.75, 3.05) is 6.61 Å². The van der Waals surface area contributed by atoms with Crippen molar-refractivity contribution in [2.45, 2.75) is 37.6 Å². The maximum atomic E-state index is 9.25. The van der Waals surface area contributed by atoms with Gasteiger partial charge in [-0.1, -0.05) is 5.92 Å². The molecule has 3 atom stereocenters. The lowest BCUT2D eigenvalue weighted by Gasteiger charge is -2.29. The van der Waals surface area contributed by atoms with E-state index in [4.69, 9.17) is 16.3 Å². The van der Waals surface area contributed by atoms with E-state index in [0.29, 0.717) is 0 Å². The Bertz CT molecular complexity index is 173. The first-order valence-electron chi connectivity index (χ1n) is 4.18. The Morgan fingerprint density at radius 1 is 1.58 bits per heavy atom. The van der Waals surface area contributed by atoms with Gasteiger partial charge in [0.2, 0.25) is 0 Å². The van der Waals surface area contributed by atoms with Crippen LogP contribution in [-0.2, 0) is 4.74 Å². The van der Waals surface area contributed by atoms with Crippen LogP contribution < -0.4 is 0 Å². The molecule has 3 heteroatoms. The molecule has 0 bridgehead atoms. The van der Waals surface area contributed by atoms with Crippen LogP contribution >= 0.6 is 0 Å². The van der Waals surface area contributed by atoms with Gasteiger partial charge in [0.05, 0.1) is 12.7 Å². The van der Waals surface area contributed by atoms with E-state index >= 15 is 0 Å². The zero-order chi connectivity index (χ0) is 8.97. The molecule has 2 N–H and O–H groups in total. The highest BCUT2D eigenvalue weighted by atomic mass is 16.5. The van der Waals surface area contributed by atoms with Gasteiger partial charge in [0.25, 0.3) is 0 Å². The Balaban J connectivity index is 2.41. The van der Waals surface area contributed by atoms with Gasteiger partial charge in [-0.2, -0.15) is 0 Å². The lowest BCUT2D eigenvalue weighted by Crippen LogP contribution is -2.38. The SMILES string of the molecule is C#C[C@H]1CCC[C@@H]([C@H](O)CO)O1. The van der Waals surface area contributed by atoms with Crippen molar-refractivity contribution in [3.8, 4) is 12.3 Å². The zero-order valence-electron chi connectivity index (χ0n) is 6.94. The molecule has 0 aromatic heterocycles. The first-order valence-corrected chi connectivity index (χ1v) is 4.18. The van der Waals surface area contributed by atoms with E-state index < -0.39 is 6.10 Å². The standard InChI is InChI=1S/C9H14O3/c1-2-7-4-3-5-9(12-7)8(11)6-10/h1,7-11H,3-6H2/t7-,8+,9-/m0/s1. The first kappa shape index (κ1) is 9.53. The molecule has 0 saturated carbocycles. The van der Waals surface area contributed by atoms with Crippen molar-refractivity contribution < 1.29 is 14.9 Å². The summed E-state index contributed by atoms with van der Waals surface area (Å²) in [5, 5.41) is 17.9. The van der Waals surface area contributed by atoms with Gasteiger partial charge < -0.3 is 14.9 Å². The van der Waals surface area contributed by atoms with Crippen molar-refractivity contribution >= 4 is 0 Å². The minimum atomic E-state index is -0.791. The molecular weight excluding hydrogens is 156 g/mol. The highest BCUT2D eigenvalue weighted by Gasteiger charge is 2.26. The third kappa shape index (κ3) is 2.21. The Kier molecular flexibility index (Phi) is 3.54. The highest BCUT2D eigenvalue weighted by molar-refractivity contribution is 4.97. The Labute approximate surface area is 72.4 Å². The summed E-state index contributed by atoms with van der Waals surface area (Å²) in [5.74, 6) is 2.50. The highest BCUT2D eigenvalue weighted by Crippen LogP contribution is 2.20. The number of terminal acetylenes is 1. The molecule has 0 aromatic rings. The van der Waals surface area contributed by atoms with E-state index in [-0.39, 0.29) is 18.8 Å². The second-order valence-corrected chi connectivity index (χ2v) is 3.01. The van der Waals surface area contributed by atoms with E-state index in [1.54, 1.807) is 0 Å². The van der Waals surface area contributed by atoms with Crippen LogP contribution in [0.2, 0.25) is 0 Å². The van der Waals surface area contributed by atoms with Crippen LogP contribution in [0.5, 0.6) is 0 Å². The summed E-state index contributed by atoms with van der Waals surface area (Å²) >= 11 is 0. The minimum Gasteiger partial charge on any atom is -0.394 e. The molecule has 1 heterocycles. The smallest absolute Gasteiger partial charge is 0.118 e. The second-order valence-electron chi connectivity index (χ2n) is 3.01. The van der Waals surface area contributed by atoms with Crippen molar-refractivity contribution in [2.24, 2.45) is 0 Å². The van der Waals surface area contributed by atoms with E-state index in [0.717, 1.165) is 19.3 Å². The molecule has 1 saturated heterocycles. The molecule has 3 nitrogen and oxygen atoms in total. The van der Waals surface area contributed by atoms with Gasteiger partial charge in [-0.15, -0.1) is 6.42 Å². The molecule has 12 heavy (non-hydrogen) atoms. The molecule has 0 aromatic carbocycles. The van der Waals surface area contributed by atoms with E-state index in [2.05, 4.69) is 5.92 Å². The van der Waals surface area contributed by atoms with Gasteiger partial charge >= 0.3 is 0 Å². The van der Waals surface area contributed by atoms with Crippen molar-refractivity contribution in [1.29, 1.82) is 0 Å². The number of ether oxygens (including phenoxy) is 1. The predicted molar refractivity (Wildman–Crippen MR) is 44.4 cm³/mol. The van der Waals surface area contributed by atoms with Crippen LogP contribution in [0, 0.1) is 12.3 Å². The fraction of sp³-hybridized carbons (Fsp3) is 0.778. The van der Waals surface area contributed by atoms with Crippen LogP contribution in [0.15, 0.2) is 0 Å². The molecule has 0 unspecified atom stereocenters. The molecule has 68 valence electrons. The summed E-state index contributed by atoms with van der Waals surface area (Å²) in [4.78, 5) is 0. The molecule has 0 aliphatic carbocycles. The number of rotatable bonds is 2. The Hall–Kier alpha value is -0.560. The zero-order valence-corrected chi connectivity index (χ0v) is 6.94. The number of aliphatic hydroxyl groups excluding tert-OH is 2. The normalized spacial score (nSPS) is 32.4. The minimum absolute atomic E-state index is 0.190. The third-order valence-corrected chi connectivity index (χ3v) is 2.10. The fourth-order valence-electron chi connectivity index (χ4n) is 1.37. The molecule has 1 aliphatic rings. The summed E-state index contributed by atoms with van der Waals surface area (Å²) < 4.78 is 5.34. The fourth-order valence-corrected chi connectivity index (χ4v) is 1.37. The quantitative estimate of drug-likeness (QED) is 0.569. The van der Waals surface area contributed by atoms with Crippen molar-refractivity contribution in [3.05, 3.63) is 0 Å². The third-order valence-electron chi connectivity index (χ3n) is 2.10. The lowest BCUT2D eigenvalue weighted by atomic mass is 10.0. The molecule has 0 amide bonds. The number of hydrogen-bond donors (Lipinski definition) is 2. The van der Waals surface area contributed by atoms with Gasteiger partial charge in [0, 0.05) is 0 Å². The average Bonchev–Trinajstić information content (AvgIpc) is 2.17. The Morgan fingerprint density at radius 2 is 2.33 bits per heavy atom. The maximum absolute atomic E-state index is 9.25. The molecule has 0 radical (unpaired) electrons. The van der Waals surface area contributed by atoms with Gasteiger partial charge in [0.15, 0.2) is 0 Å². The van der Waals surface area contributed by atoms with Crippen LogP contribution in [0.3, 0.4) is 0 Å².